The SMILES string of the molecule is F.N#CC#N.c1cc[nH]c1. The van der Waals surface area contributed by atoms with Crippen LogP contribution in [0, 0.1) is 22.7 Å². The van der Waals surface area contributed by atoms with Crippen LogP contribution in [0.5, 0.6) is 0 Å². The number of halogens is 1. The number of nitrogens with zero attached hydrogens (tertiary/aromatic N) is 2. The van der Waals surface area contributed by atoms with Gasteiger partial charge >= 0.3 is 0 Å². The number of aromatic amines is 1. The Hall–Kier alpha value is -1.81. The maximum absolute atomic E-state index is 7.26. The highest BCUT2D eigenvalue weighted by Gasteiger charge is 1.55. The van der Waals surface area contributed by atoms with Gasteiger partial charge in [0.15, 0.2) is 12.1 Å². The van der Waals surface area contributed by atoms with Crippen LogP contribution in [0.3, 0.4) is 0 Å². The molecular weight excluding hydrogens is 133 g/mol. The van der Waals surface area contributed by atoms with E-state index in [2.05, 4.69) is 4.98 Å². The first-order valence-electron chi connectivity index (χ1n) is 2.27. The van der Waals surface area contributed by atoms with Crippen LogP contribution in [0.1, 0.15) is 0 Å². The lowest BCUT2D eigenvalue weighted by Gasteiger charge is -1.49. The molecule has 0 unspecified atom stereocenters. The first kappa shape index (κ1) is 11.0. The van der Waals surface area contributed by atoms with E-state index in [9.17, 15) is 0 Å². The summed E-state index contributed by atoms with van der Waals surface area (Å²) in [6.45, 7) is 0. The van der Waals surface area contributed by atoms with Crippen molar-refractivity contribution in [1.82, 2.24) is 4.98 Å². The number of H-pyrrole nitrogens is 1. The summed E-state index contributed by atoms with van der Waals surface area (Å²) in [5.74, 6) is 0. The van der Waals surface area contributed by atoms with Crippen LogP contribution in [0.25, 0.3) is 0 Å². The molecule has 52 valence electrons. The maximum Gasteiger partial charge on any atom is 0.181 e. The van der Waals surface area contributed by atoms with Crippen molar-refractivity contribution in [1.29, 1.82) is 10.5 Å². The fourth-order valence-electron chi connectivity index (χ4n) is 0.278. The van der Waals surface area contributed by atoms with Gasteiger partial charge in [0, 0.05) is 12.4 Å². The van der Waals surface area contributed by atoms with Gasteiger partial charge in [-0.3, -0.25) is 4.70 Å². The second kappa shape index (κ2) is 10.2. The summed E-state index contributed by atoms with van der Waals surface area (Å²) in [6, 6.07) is 6.36. The summed E-state index contributed by atoms with van der Waals surface area (Å²) in [5, 5.41) is 14.5. The average molecular weight is 139 g/mol. The third-order valence-electron chi connectivity index (χ3n) is 0.546. The van der Waals surface area contributed by atoms with Crippen LogP contribution in [-0.4, -0.2) is 4.98 Å². The van der Waals surface area contributed by atoms with Crippen LogP contribution in [-0.2, 0) is 0 Å². The Balaban J connectivity index is 0. The Labute approximate surface area is 57.9 Å². The lowest BCUT2D eigenvalue weighted by atomic mass is 10.7. The summed E-state index contributed by atoms with van der Waals surface area (Å²) in [6.07, 6.45) is 3.75. The molecule has 0 saturated carbocycles. The quantitative estimate of drug-likeness (QED) is 0.587. The van der Waals surface area contributed by atoms with E-state index in [4.69, 9.17) is 10.5 Å². The molecule has 0 aliphatic heterocycles. The van der Waals surface area contributed by atoms with Gasteiger partial charge in [0.25, 0.3) is 0 Å². The molecule has 0 atom stereocenters. The molecule has 10 heavy (non-hydrogen) atoms. The highest BCUT2D eigenvalue weighted by atomic mass is 19.0. The second-order valence-electron chi connectivity index (χ2n) is 1.11. The van der Waals surface area contributed by atoms with Crippen molar-refractivity contribution in [2.24, 2.45) is 0 Å². The molecule has 1 rings (SSSR count). The van der Waals surface area contributed by atoms with Crippen molar-refractivity contribution in [3.05, 3.63) is 24.5 Å². The van der Waals surface area contributed by atoms with E-state index < -0.39 is 0 Å². The predicted octanol–water partition coefficient (Wildman–Crippen LogP) is 1.20. The first-order chi connectivity index (χ1) is 4.41. The number of hydrogen-bond donors (Lipinski definition) is 1. The molecule has 1 heterocycles. The molecule has 0 aliphatic carbocycles. The fourth-order valence-corrected chi connectivity index (χ4v) is 0.278. The van der Waals surface area contributed by atoms with Crippen molar-refractivity contribution in [3.8, 4) is 12.1 Å². The minimum atomic E-state index is 0. The molecule has 0 aromatic carbocycles. The van der Waals surface area contributed by atoms with Crippen molar-refractivity contribution >= 4 is 0 Å². The van der Waals surface area contributed by atoms with Crippen LogP contribution < -0.4 is 0 Å². The Morgan fingerprint density at radius 2 is 1.40 bits per heavy atom. The average Bonchev–Trinajstić information content (AvgIpc) is 2.43. The minimum Gasteiger partial charge on any atom is -0.368 e. The Bertz CT molecular complexity index is 175. The van der Waals surface area contributed by atoms with E-state index in [1.807, 2.05) is 24.5 Å². The van der Waals surface area contributed by atoms with Crippen molar-refractivity contribution < 1.29 is 4.70 Å². The van der Waals surface area contributed by atoms with Gasteiger partial charge in [-0.2, -0.15) is 10.5 Å². The zero-order chi connectivity index (χ0) is 6.95. The van der Waals surface area contributed by atoms with Gasteiger partial charge < -0.3 is 4.98 Å². The lowest BCUT2D eigenvalue weighted by Crippen LogP contribution is -1.38. The zero-order valence-electron chi connectivity index (χ0n) is 5.11. The number of nitriles is 2. The molecule has 4 heteroatoms. The lowest BCUT2D eigenvalue weighted by molar-refractivity contribution is 1.11. The second-order valence-corrected chi connectivity index (χ2v) is 1.11. The third kappa shape index (κ3) is 9.50. The maximum atomic E-state index is 7.26. The monoisotopic (exact) mass is 139 g/mol. The summed E-state index contributed by atoms with van der Waals surface area (Å²) in [7, 11) is 0. The zero-order valence-corrected chi connectivity index (χ0v) is 5.11. The Morgan fingerprint density at radius 1 is 1.00 bits per heavy atom. The van der Waals surface area contributed by atoms with Crippen LogP contribution in [0.4, 0.5) is 4.70 Å². The standard InChI is InChI=1S/C4H5N.C2N2.FH/c1-2-4-5-3-1;3-1-2-4;/h1-5H;;1H. The molecule has 0 amide bonds. The molecule has 1 N–H and O–H groups in total. The molecule has 1 aromatic heterocycles. The minimum absolute atomic E-state index is 0. The number of aromatic nitrogens is 1. The van der Waals surface area contributed by atoms with E-state index in [1.54, 1.807) is 0 Å². The van der Waals surface area contributed by atoms with Gasteiger partial charge in [-0.05, 0) is 12.1 Å². The van der Waals surface area contributed by atoms with Crippen LogP contribution in [0.15, 0.2) is 24.5 Å². The fraction of sp³-hybridized carbons (Fsp3) is 0. The highest BCUT2D eigenvalue weighted by Crippen LogP contribution is 1.72. The molecule has 0 saturated heterocycles. The molecule has 0 spiro atoms. The molecule has 1 aromatic rings. The molecule has 0 radical (unpaired) electrons. The topological polar surface area (TPSA) is 63.4 Å². The van der Waals surface area contributed by atoms with E-state index in [1.165, 1.54) is 12.1 Å². The number of nitrogens with one attached hydrogen (secondary N) is 1. The molecule has 0 aliphatic rings. The van der Waals surface area contributed by atoms with Crippen molar-refractivity contribution in [2.75, 3.05) is 0 Å². The Kier molecular flexibility index (Phi) is 11.3. The molecule has 0 bridgehead atoms. The van der Waals surface area contributed by atoms with Gasteiger partial charge in [-0.1, -0.05) is 0 Å². The van der Waals surface area contributed by atoms with E-state index >= 15 is 0 Å². The Morgan fingerprint density at radius 3 is 1.50 bits per heavy atom. The van der Waals surface area contributed by atoms with Crippen LogP contribution in [0.2, 0.25) is 0 Å². The van der Waals surface area contributed by atoms with E-state index in [-0.39, 0.29) is 4.70 Å². The van der Waals surface area contributed by atoms with Gasteiger partial charge in [0.1, 0.15) is 0 Å². The normalized spacial score (nSPS) is 5.00. The summed E-state index contributed by atoms with van der Waals surface area (Å²) in [4.78, 5) is 2.86. The van der Waals surface area contributed by atoms with Crippen LogP contribution >= 0.6 is 0 Å². The summed E-state index contributed by atoms with van der Waals surface area (Å²) in [5.41, 5.74) is 0. The van der Waals surface area contributed by atoms with Gasteiger partial charge in [-0.15, -0.1) is 0 Å². The van der Waals surface area contributed by atoms with Gasteiger partial charge in [0.2, 0.25) is 0 Å². The predicted molar refractivity (Wildman–Crippen MR) is 34.5 cm³/mol. The van der Waals surface area contributed by atoms with Crippen molar-refractivity contribution in [2.45, 2.75) is 0 Å². The van der Waals surface area contributed by atoms with Gasteiger partial charge in [-0.25, -0.2) is 0 Å². The summed E-state index contributed by atoms with van der Waals surface area (Å²) < 4.78 is 0. The van der Waals surface area contributed by atoms with Gasteiger partial charge in [0.05, 0.1) is 0 Å². The largest absolute Gasteiger partial charge is 0.368 e. The van der Waals surface area contributed by atoms with E-state index in [0.29, 0.717) is 0 Å². The smallest absolute Gasteiger partial charge is 0.181 e. The third-order valence-corrected chi connectivity index (χ3v) is 0.546. The first-order valence-corrected chi connectivity index (χ1v) is 2.27. The van der Waals surface area contributed by atoms with Crippen molar-refractivity contribution in [3.63, 3.8) is 0 Å². The highest BCUT2D eigenvalue weighted by molar-refractivity contribution is 4.99. The molecule has 0 fully saturated rings. The molecular formula is C6H6FN3. The molecule has 3 nitrogen and oxygen atoms in total. The number of hydrogen-bond acceptors (Lipinski definition) is 2. The summed E-state index contributed by atoms with van der Waals surface area (Å²) >= 11 is 0. The number of rotatable bonds is 0. The van der Waals surface area contributed by atoms with E-state index in [0.717, 1.165) is 0 Å².